The van der Waals surface area contributed by atoms with E-state index in [4.69, 9.17) is 5.73 Å². The molecular formula is C10H8F3N3O. The number of alkyl halides is 3. The number of rotatable bonds is 1. The van der Waals surface area contributed by atoms with Crippen molar-refractivity contribution in [2.75, 3.05) is 5.73 Å². The first-order valence-corrected chi connectivity index (χ1v) is 4.60. The molecule has 1 heterocycles. The summed E-state index contributed by atoms with van der Waals surface area (Å²) in [6.07, 6.45) is -3.74. The molecular weight excluding hydrogens is 235 g/mol. The zero-order chi connectivity index (χ0) is 12.6. The predicted molar refractivity (Wildman–Crippen MR) is 54.6 cm³/mol. The van der Waals surface area contributed by atoms with E-state index in [9.17, 15) is 18.3 Å². The van der Waals surface area contributed by atoms with E-state index in [-0.39, 0.29) is 11.4 Å². The molecule has 90 valence electrons. The van der Waals surface area contributed by atoms with E-state index in [1.54, 1.807) is 0 Å². The number of hydrogen-bond acceptors (Lipinski definition) is 3. The van der Waals surface area contributed by atoms with Gasteiger partial charge in [-0.05, 0) is 12.1 Å². The normalized spacial score (nSPS) is 11.7. The highest BCUT2D eigenvalue weighted by atomic mass is 19.4. The van der Waals surface area contributed by atoms with Gasteiger partial charge in [0.1, 0.15) is 11.4 Å². The molecule has 2 aromatic rings. The Bertz CT molecular complexity index is 548. The van der Waals surface area contributed by atoms with Gasteiger partial charge in [-0.25, -0.2) is 4.68 Å². The monoisotopic (exact) mass is 243 g/mol. The topological polar surface area (TPSA) is 64.1 Å². The van der Waals surface area contributed by atoms with Gasteiger partial charge in [0.2, 0.25) is 0 Å². The molecule has 0 aliphatic heterocycles. The Balaban J connectivity index is 2.66. The fourth-order valence-corrected chi connectivity index (χ4v) is 1.47. The molecule has 0 saturated heterocycles. The molecule has 0 atom stereocenters. The average molecular weight is 243 g/mol. The van der Waals surface area contributed by atoms with Crippen molar-refractivity contribution < 1.29 is 18.3 Å². The van der Waals surface area contributed by atoms with Gasteiger partial charge in [0.25, 0.3) is 0 Å². The fraction of sp³-hybridized carbons (Fsp3) is 0.100. The zero-order valence-electron chi connectivity index (χ0n) is 8.44. The first-order chi connectivity index (χ1) is 7.91. The van der Waals surface area contributed by atoms with E-state index in [1.807, 2.05) is 0 Å². The maximum Gasteiger partial charge on any atom is 0.435 e. The predicted octanol–water partition coefficient (Wildman–Crippen LogP) is 2.18. The van der Waals surface area contributed by atoms with Gasteiger partial charge in [-0.3, -0.25) is 0 Å². The molecule has 0 amide bonds. The molecule has 1 aromatic carbocycles. The van der Waals surface area contributed by atoms with Gasteiger partial charge in [0.15, 0.2) is 5.69 Å². The van der Waals surface area contributed by atoms with E-state index in [2.05, 4.69) is 5.10 Å². The van der Waals surface area contributed by atoms with E-state index in [1.165, 1.54) is 24.3 Å². The van der Waals surface area contributed by atoms with Crippen LogP contribution in [0.1, 0.15) is 5.69 Å². The van der Waals surface area contributed by atoms with Crippen LogP contribution in [0.5, 0.6) is 5.75 Å². The van der Waals surface area contributed by atoms with Crippen LogP contribution < -0.4 is 5.73 Å². The molecule has 0 saturated carbocycles. The third-order valence-electron chi connectivity index (χ3n) is 2.18. The number of nitrogens with zero attached hydrogens (tertiary/aromatic N) is 2. The van der Waals surface area contributed by atoms with Gasteiger partial charge in [0, 0.05) is 0 Å². The number of anilines is 1. The standard InChI is InChI=1S/C10H8F3N3O/c11-10(12,13)9-6(14)5-15-16(9)7-3-1-2-4-8(7)17/h1-5,17H,14H2. The van der Waals surface area contributed by atoms with Crippen molar-refractivity contribution in [2.45, 2.75) is 6.18 Å². The van der Waals surface area contributed by atoms with Gasteiger partial charge in [-0.1, -0.05) is 12.1 Å². The molecule has 0 bridgehead atoms. The van der Waals surface area contributed by atoms with E-state index in [0.717, 1.165) is 6.20 Å². The largest absolute Gasteiger partial charge is 0.506 e. The first-order valence-electron chi connectivity index (χ1n) is 4.60. The smallest absolute Gasteiger partial charge is 0.435 e. The molecule has 4 nitrogen and oxygen atoms in total. The molecule has 17 heavy (non-hydrogen) atoms. The first kappa shape index (κ1) is 11.3. The van der Waals surface area contributed by atoms with Crippen LogP contribution in [-0.2, 0) is 6.18 Å². The van der Waals surface area contributed by atoms with Crippen molar-refractivity contribution in [1.29, 1.82) is 0 Å². The molecule has 0 aliphatic rings. The van der Waals surface area contributed by atoms with E-state index < -0.39 is 17.6 Å². The van der Waals surface area contributed by atoms with Crippen LogP contribution in [0.4, 0.5) is 18.9 Å². The maximum absolute atomic E-state index is 12.7. The number of benzene rings is 1. The Labute approximate surface area is 94.1 Å². The molecule has 0 spiro atoms. The summed E-state index contributed by atoms with van der Waals surface area (Å²) >= 11 is 0. The summed E-state index contributed by atoms with van der Waals surface area (Å²) in [4.78, 5) is 0. The highest BCUT2D eigenvalue weighted by molar-refractivity contribution is 5.52. The number of aromatic nitrogens is 2. The molecule has 7 heteroatoms. The summed E-state index contributed by atoms with van der Waals surface area (Å²) in [5.74, 6) is -0.305. The number of aromatic hydroxyl groups is 1. The summed E-state index contributed by atoms with van der Waals surface area (Å²) in [5.41, 5.74) is 3.57. The van der Waals surface area contributed by atoms with Crippen molar-refractivity contribution in [3.8, 4) is 11.4 Å². The van der Waals surface area contributed by atoms with Crippen molar-refractivity contribution in [3.63, 3.8) is 0 Å². The van der Waals surface area contributed by atoms with Crippen LogP contribution >= 0.6 is 0 Å². The highest BCUT2D eigenvalue weighted by Gasteiger charge is 2.38. The minimum absolute atomic E-state index is 0.0727. The number of phenols is 1. The van der Waals surface area contributed by atoms with Crippen molar-refractivity contribution >= 4 is 5.69 Å². The Kier molecular flexibility index (Phi) is 2.45. The summed E-state index contributed by atoms with van der Waals surface area (Å²) < 4.78 is 38.8. The van der Waals surface area contributed by atoms with Crippen LogP contribution in [0, 0.1) is 0 Å². The van der Waals surface area contributed by atoms with Gasteiger partial charge in [-0.15, -0.1) is 0 Å². The quantitative estimate of drug-likeness (QED) is 0.806. The lowest BCUT2D eigenvalue weighted by molar-refractivity contribution is -0.142. The summed E-state index contributed by atoms with van der Waals surface area (Å²) in [7, 11) is 0. The Morgan fingerprint density at radius 1 is 1.24 bits per heavy atom. The van der Waals surface area contributed by atoms with Gasteiger partial charge in [-0.2, -0.15) is 18.3 Å². The SMILES string of the molecule is Nc1cnn(-c2ccccc2O)c1C(F)(F)F. The lowest BCUT2D eigenvalue weighted by atomic mass is 10.2. The van der Waals surface area contributed by atoms with E-state index in [0.29, 0.717) is 4.68 Å². The second-order valence-electron chi connectivity index (χ2n) is 3.35. The van der Waals surface area contributed by atoms with Crippen LogP contribution in [0.2, 0.25) is 0 Å². The summed E-state index contributed by atoms with van der Waals surface area (Å²) in [6, 6.07) is 5.58. The van der Waals surface area contributed by atoms with Crippen LogP contribution in [-0.4, -0.2) is 14.9 Å². The number of nitrogens with two attached hydrogens (primary N) is 1. The van der Waals surface area contributed by atoms with E-state index >= 15 is 0 Å². The molecule has 0 fully saturated rings. The number of hydrogen-bond donors (Lipinski definition) is 2. The molecule has 0 unspecified atom stereocenters. The minimum atomic E-state index is -4.64. The molecule has 1 aromatic heterocycles. The van der Waals surface area contributed by atoms with Crippen molar-refractivity contribution in [2.24, 2.45) is 0 Å². The van der Waals surface area contributed by atoms with Crippen molar-refractivity contribution in [1.82, 2.24) is 9.78 Å². The van der Waals surface area contributed by atoms with Crippen LogP contribution in [0.25, 0.3) is 5.69 Å². The summed E-state index contributed by atoms with van der Waals surface area (Å²) in [6.45, 7) is 0. The molecule has 0 radical (unpaired) electrons. The lowest BCUT2D eigenvalue weighted by Gasteiger charge is -2.12. The maximum atomic E-state index is 12.7. The number of para-hydroxylation sites is 2. The van der Waals surface area contributed by atoms with Crippen molar-refractivity contribution in [3.05, 3.63) is 36.2 Å². The average Bonchev–Trinajstić information content (AvgIpc) is 2.60. The lowest BCUT2D eigenvalue weighted by Crippen LogP contribution is -2.15. The van der Waals surface area contributed by atoms with Crippen LogP contribution in [0.15, 0.2) is 30.5 Å². The number of nitrogen functional groups attached to an aromatic ring is 1. The summed E-state index contributed by atoms with van der Waals surface area (Å²) in [5, 5.41) is 13.0. The number of halogens is 3. The Morgan fingerprint density at radius 2 is 1.88 bits per heavy atom. The molecule has 0 aliphatic carbocycles. The van der Waals surface area contributed by atoms with Crippen LogP contribution in [0.3, 0.4) is 0 Å². The molecule has 2 rings (SSSR count). The second-order valence-corrected chi connectivity index (χ2v) is 3.35. The zero-order valence-corrected chi connectivity index (χ0v) is 8.44. The fourth-order valence-electron chi connectivity index (χ4n) is 1.47. The second kappa shape index (κ2) is 3.69. The minimum Gasteiger partial charge on any atom is -0.506 e. The Hall–Kier alpha value is -2.18. The van der Waals surface area contributed by atoms with Gasteiger partial charge < -0.3 is 10.8 Å². The highest BCUT2D eigenvalue weighted by Crippen LogP contribution is 2.36. The number of phenolic OH excluding ortho intramolecular Hbond substituents is 1. The molecule has 3 N–H and O–H groups in total. The van der Waals surface area contributed by atoms with Gasteiger partial charge >= 0.3 is 6.18 Å². The third-order valence-corrected chi connectivity index (χ3v) is 2.18. The Morgan fingerprint density at radius 3 is 2.47 bits per heavy atom. The third kappa shape index (κ3) is 1.91. The van der Waals surface area contributed by atoms with Gasteiger partial charge in [0.05, 0.1) is 11.9 Å².